The molecule has 5 aliphatic rings. The lowest BCUT2D eigenvalue weighted by Crippen LogP contribution is -2.61. The highest BCUT2D eigenvalue weighted by atomic mass is 16.8. The van der Waals surface area contributed by atoms with Crippen molar-refractivity contribution in [3.05, 3.63) is 12.3 Å². The average molecular weight is 524 g/mol. The van der Waals surface area contributed by atoms with Crippen molar-refractivity contribution in [1.82, 2.24) is 0 Å². The molecular weight excluding hydrogens is 492 g/mol. The van der Waals surface area contributed by atoms with Crippen LogP contribution in [0.25, 0.3) is 0 Å². The Hall–Kier alpha value is -1.02. The standard InChI is InChI=1S/C21H32O15/c22-3-7-10(25)12(27)14(29)19(32-7)34-16-6-1-2-31-18(9(6)21(5-24)17(16)36-21)35-20-15(30)13(28)11(26)8(4-23)33-20/h1-2,6-20,22-30H,3-5H2/t6-,7-,8-,9-,10+,11-,12+,13+,14-,15-,16-,17+,18+,19-,20+,21-/m1/s1. The lowest BCUT2D eigenvalue weighted by molar-refractivity contribution is -0.347. The maximum atomic E-state index is 10.4. The summed E-state index contributed by atoms with van der Waals surface area (Å²) in [6.45, 7) is -1.76. The van der Waals surface area contributed by atoms with E-state index in [2.05, 4.69) is 0 Å². The van der Waals surface area contributed by atoms with Gasteiger partial charge in [0.15, 0.2) is 12.6 Å². The van der Waals surface area contributed by atoms with Crippen LogP contribution in [0.4, 0.5) is 0 Å². The van der Waals surface area contributed by atoms with Crippen molar-refractivity contribution in [3.63, 3.8) is 0 Å². The van der Waals surface area contributed by atoms with Gasteiger partial charge in [0.25, 0.3) is 0 Å². The molecule has 1 saturated carbocycles. The van der Waals surface area contributed by atoms with E-state index in [1.807, 2.05) is 0 Å². The quantitative estimate of drug-likeness (QED) is 0.141. The van der Waals surface area contributed by atoms with Crippen molar-refractivity contribution in [3.8, 4) is 0 Å². The van der Waals surface area contributed by atoms with Crippen LogP contribution in [-0.4, -0.2) is 151 Å². The van der Waals surface area contributed by atoms with Gasteiger partial charge in [-0.05, 0) is 6.08 Å². The molecule has 15 heteroatoms. The van der Waals surface area contributed by atoms with Crippen molar-refractivity contribution < 1.29 is 74.4 Å². The van der Waals surface area contributed by atoms with Crippen LogP contribution in [0.5, 0.6) is 0 Å². The molecule has 0 aromatic rings. The summed E-state index contributed by atoms with van der Waals surface area (Å²) in [6.07, 6.45) is -14.9. The van der Waals surface area contributed by atoms with Crippen LogP contribution in [0.15, 0.2) is 12.3 Å². The molecule has 0 amide bonds. The Morgan fingerprint density at radius 3 is 1.78 bits per heavy atom. The lowest BCUT2D eigenvalue weighted by atomic mass is 9.85. The van der Waals surface area contributed by atoms with Gasteiger partial charge in [-0.1, -0.05) is 0 Å². The number of hydrogen-bond acceptors (Lipinski definition) is 15. The smallest absolute Gasteiger partial charge is 0.208 e. The first kappa shape index (κ1) is 26.6. The third-order valence-electron chi connectivity index (χ3n) is 7.74. The van der Waals surface area contributed by atoms with Gasteiger partial charge in [0.1, 0.15) is 60.5 Å². The van der Waals surface area contributed by atoms with Gasteiger partial charge in [0.2, 0.25) is 6.29 Å². The third-order valence-corrected chi connectivity index (χ3v) is 7.74. The zero-order valence-corrected chi connectivity index (χ0v) is 18.9. The van der Waals surface area contributed by atoms with Gasteiger partial charge in [0, 0.05) is 5.92 Å². The van der Waals surface area contributed by atoms with Crippen LogP contribution in [-0.2, 0) is 28.4 Å². The fourth-order valence-corrected chi connectivity index (χ4v) is 5.64. The number of ether oxygens (including phenoxy) is 6. The average Bonchev–Trinajstić information content (AvgIpc) is 3.56. The Bertz CT molecular complexity index is 810. The highest BCUT2D eigenvalue weighted by Gasteiger charge is 2.77. The second-order valence-electron chi connectivity index (χ2n) is 9.72. The van der Waals surface area contributed by atoms with Crippen molar-refractivity contribution in [2.75, 3.05) is 19.8 Å². The molecule has 0 aromatic carbocycles. The van der Waals surface area contributed by atoms with E-state index in [0.717, 1.165) is 0 Å². The third kappa shape index (κ3) is 4.07. The number of epoxide rings is 1. The van der Waals surface area contributed by atoms with Gasteiger partial charge in [-0.2, -0.15) is 0 Å². The maximum absolute atomic E-state index is 10.4. The molecule has 4 fully saturated rings. The molecular formula is C21H32O15. The zero-order valence-electron chi connectivity index (χ0n) is 18.9. The first-order valence-corrected chi connectivity index (χ1v) is 11.7. The highest BCUT2D eigenvalue weighted by molar-refractivity contribution is 5.25. The molecule has 16 atom stereocenters. The van der Waals surface area contributed by atoms with Crippen LogP contribution in [0.1, 0.15) is 0 Å². The molecule has 4 aliphatic heterocycles. The Balaban J connectivity index is 1.34. The van der Waals surface area contributed by atoms with E-state index in [9.17, 15) is 46.0 Å². The van der Waals surface area contributed by atoms with Gasteiger partial charge >= 0.3 is 0 Å². The summed E-state index contributed by atoms with van der Waals surface area (Å²) in [7, 11) is 0. The molecule has 9 N–H and O–H groups in total. The summed E-state index contributed by atoms with van der Waals surface area (Å²) in [5.41, 5.74) is -1.20. The number of rotatable bonds is 7. The van der Waals surface area contributed by atoms with Crippen LogP contribution >= 0.6 is 0 Å². The molecule has 0 bridgehead atoms. The summed E-state index contributed by atoms with van der Waals surface area (Å²) in [5.74, 6) is -1.29. The maximum Gasteiger partial charge on any atom is 0.208 e. The summed E-state index contributed by atoms with van der Waals surface area (Å²) in [5, 5.41) is 89.9. The number of hydrogen-bond donors (Lipinski definition) is 9. The minimum absolute atomic E-state index is 0.473. The van der Waals surface area contributed by atoms with Crippen molar-refractivity contribution >= 4 is 0 Å². The first-order valence-electron chi connectivity index (χ1n) is 11.7. The van der Waals surface area contributed by atoms with Gasteiger partial charge in [0.05, 0.1) is 38.1 Å². The number of aliphatic hydroxyl groups excluding tert-OH is 9. The summed E-state index contributed by atoms with van der Waals surface area (Å²) in [6, 6.07) is 0. The normalized spacial score (nSPS) is 56.1. The molecule has 0 spiro atoms. The van der Waals surface area contributed by atoms with Crippen LogP contribution < -0.4 is 0 Å². The minimum Gasteiger partial charge on any atom is -0.472 e. The van der Waals surface area contributed by atoms with Gasteiger partial charge in [-0.15, -0.1) is 0 Å². The molecule has 0 radical (unpaired) electrons. The highest BCUT2D eigenvalue weighted by Crippen LogP contribution is 2.61. The van der Waals surface area contributed by atoms with E-state index >= 15 is 0 Å². The Morgan fingerprint density at radius 2 is 1.25 bits per heavy atom. The molecule has 15 nitrogen and oxygen atoms in total. The summed E-state index contributed by atoms with van der Waals surface area (Å²) < 4.78 is 34.0. The molecule has 4 heterocycles. The van der Waals surface area contributed by atoms with Crippen LogP contribution in [0, 0.1) is 11.8 Å². The SMILES string of the molecule is OC[C@H]1O[C@H](O[C@@H]2[C@@H]3C=CO[C@@H](O[C@@H]4O[C@H](CO)[C@@H](O)[C@H](O)[C@H]4O)[C@@H]3[C@@]3(CO)O[C@@H]23)[C@H](O)[C@@H](O)[C@H]1O. The predicted octanol–water partition coefficient (Wildman–Crippen LogP) is -5.77. The summed E-state index contributed by atoms with van der Waals surface area (Å²) in [4.78, 5) is 0. The van der Waals surface area contributed by atoms with E-state index in [-0.39, 0.29) is 0 Å². The van der Waals surface area contributed by atoms with Crippen molar-refractivity contribution in [1.29, 1.82) is 0 Å². The van der Waals surface area contributed by atoms with Crippen molar-refractivity contribution in [2.45, 2.75) is 85.5 Å². The molecule has 1 aliphatic carbocycles. The Kier molecular flexibility index (Phi) is 7.34. The van der Waals surface area contributed by atoms with Gasteiger partial charge < -0.3 is 74.4 Å². The molecule has 36 heavy (non-hydrogen) atoms. The molecule has 3 saturated heterocycles. The lowest BCUT2D eigenvalue weighted by Gasteiger charge is -2.44. The van der Waals surface area contributed by atoms with Gasteiger partial charge in [-0.3, -0.25) is 0 Å². The monoisotopic (exact) mass is 524 g/mol. The van der Waals surface area contributed by atoms with E-state index in [1.165, 1.54) is 6.26 Å². The van der Waals surface area contributed by atoms with Crippen LogP contribution in [0.2, 0.25) is 0 Å². The fourth-order valence-electron chi connectivity index (χ4n) is 5.64. The predicted molar refractivity (Wildman–Crippen MR) is 109 cm³/mol. The second kappa shape index (κ2) is 9.94. The Morgan fingerprint density at radius 1 is 0.694 bits per heavy atom. The van der Waals surface area contributed by atoms with E-state index in [0.29, 0.717) is 0 Å². The fraction of sp³-hybridized carbons (Fsp3) is 0.905. The second-order valence-corrected chi connectivity index (χ2v) is 9.72. The minimum atomic E-state index is -1.68. The van der Waals surface area contributed by atoms with Crippen LogP contribution in [0.3, 0.4) is 0 Å². The summed E-state index contributed by atoms with van der Waals surface area (Å²) >= 11 is 0. The van der Waals surface area contributed by atoms with E-state index in [1.54, 1.807) is 6.08 Å². The zero-order chi connectivity index (χ0) is 25.9. The number of aliphatic hydroxyl groups is 9. The molecule has 0 aromatic heterocycles. The van der Waals surface area contributed by atoms with E-state index < -0.39 is 117 Å². The first-order chi connectivity index (χ1) is 17.2. The number of fused-ring (bicyclic) bond motifs is 3. The van der Waals surface area contributed by atoms with Gasteiger partial charge in [-0.25, -0.2) is 0 Å². The van der Waals surface area contributed by atoms with E-state index in [4.69, 9.17) is 28.4 Å². The largest absolute Gasteiger partial charge is 0.472 e. The molecule has 206 valence electrons. The molecule has 0 unspecified atom stereocenters. The Labute approximate surface area is 204 Å². The molecule has 5 rings (SSSR count). The van der Waals surface area contributed by atoms with Crippen molar-refractivity contribution in [2.24, 2.45) is 11.8 Å². The topological polar surface area (TPSA) is 241 Å².